The van der Waals surface area contributed by atoms with Crippen molar-refractivity contribution < 1.29 is 18.7 Å². The normalized spacial score (nSPS) is 19.0. The Morgan fingerprint density at radius 1 is 1.25 bits per heavy atom. The van der Waals surface area contributed by atoms with Crippen LogP contribution >= 0.6 is 0 Å². The Morgan fingerprint density at radius 2 is 1.93 bits per heavy atom. The molecular weight excluding hydrogens is 363 g/mol. The summed E-state index contributed by atoms with van der Waals surface area (Å²) in [6.07, 6.45) is 6.27. The average Bonchev–Trinajstić information content (AvgIpc) is 2.72. The van der Waals surface area contributed by atoms with Crippen molar-refractivity contribution >= 4 is 11.8 Å². The molecule has 1 aromatic rings. The van der Waals surface area contributed by atoms with Gasteiger partial charge in [-0.05, 0) is 31.7 Å². The van der Waals surface area contributed by atoms with Crippen LogP contribution in [0.15, 0.2) is 18.5 Å². The van der Waals surface area contributed by atoms with Crippen LogP contribution in [-0.2, 0) is 9.53 Å². The van der Waals surface area contributed by atoms with Crippen LogP contribution in [0.3, 0.4) is 0 Å². The molecule has 0 aliphatic carbocycles. The molecule has 1 N–H and O–H groups in total. The van der Waals surface area contributed by atoms with Gasteiger partial charge in [0.25, 0.3) is 5.91 Å². The second-order valence-electron chi connectivity index (χ2n) is 7.43. The Hall–Kier alpha value is -2.06. The van der Waals surface area contributed by atoms with Crippen LogP contribution in [0.25, 0.3) is 0 Å². The molecule has 2 saturated heterocycles. The van der Waals surface area contributed by atoms with Gasteiger partial charge < -0.3 is 15.0 Å². The number of nitrogens with one attached hydrogen (secondary N) is 1. The molecular formula is C20H29FN4O3. The number of carbonyl (C=O) groups excluding carboxylic acids is 2. The summed E-state index contributed by atoms with van der Waals surface area (Å²) in [6.45, 7) is 5.82. The van der Waals surface area contributed by atoms with E-state index in [1.807, 2.05) is 4.90 Å². The van der Waals surface area contributed by atoms with E-state index >= 15 is 0 Å². The number of piperidine rings is 1. The highest BCUT2D eigenvalue weighted by Gasteiger charge is 2.31. The van der Waals surface area contributed by atoms with Crippen molar-refractivity contribution in [1.29, 1.82) is 0 Å². The van der Waals surface area contributed by atoms with Crippen LogP contribution in [0.4, 0.5) is 4.39 Å². The first-order valence-electron chi connectivity index (χ1n) is 10.0. The van der Waals surface area contributed by atoms with E-state index in [-0.39, 0.29) is 11.5 Å². The minimum absolute atomic E-state index is 0.0161. The lowest BCUT2D eigenvalue weighted by molar-refractivity contribution is -0.130. The molecule has 154 valence electrons. The summed E-state index contributed by atoms with van der Waals surface area (Å²) < 4.78 is 19.2. The Bertz CT molecular complexity index is 673. The summed E-state index contributed by atoms with van der Waals surface area (Å²) >= 11 is 0. The number of hydrogen-bond acceptors (Lipinski definition) is 5. The Morgan fingerprint density at radius 3 is 2.57 bits per heavy atom. The van der Waals surface area contributed by atoms with Crippen LogP contribution < -0.4 is 5.32 Å². The second-order valence-corrected chi connectivity index (χ2v) is 7.43. The fourth-order valence-electron chi connectivity index (χ4n) is 4.15. The molecule has 3 rings (SSSR count). The molecule has 2 aliphatic rings. The monoisotopic (exact) mass is 392 g/mol. The number of carbonyl (C=O) groups is 2. The van der Waals surface area contributed by atoms with Gasteiger partial charge in [-0.2, -0.15) is 0 Å². The zero-order valence-corrected chi connectivity index (χ0v) is 16.4. The lowest BCUT2D eigenvalue weighted by Crippen LogP contribution is -2.53. The molecule has 0 saturated carbocycles. The van der Waals surface area contributed by atoms with Crippen LogP contribution in [0.5, 0.6) is 0 Å². The van der Waals surface area contributed by atoms with Crippen LogP contribution in [0, 0.1) is 5.82 Å². The molecule has 2 amide bonds. The zero-order chi connectivity index (χ0) is 19.9. The van der Waals surface area contributed by atoms with Gasteiger partial charge in [0.1, 0.15) is 0 Å². The lowest BCUT2D eigenvalue weighted by atomic mass is 9.98. The van der Waals surface area contributed by atoms with Crippen LogP contribution in [-0.4, -0.2) is 78.1 Å². The van der Waals surface area contributed by atoms with Gasteiger partial charge in [0.2, 0.25) is 5.91 Å². The Labute approximate surface area is 165 Å². The van der Waals surface area contributed by atoms with Gasteiger partial charge in [0.05, 0.1) is 11.8 Å². The van der Waals surface area contributed by atoms with Crippen molar-refractivity contribution in [2.75, 3.05) is 39.4 Å². The van der Waals surface area contributed by atoms with Crippen LogP contribution in [0.2, 0.25) is 0 Å². The molecule has 0 atom stereocenters. The smallest absolute Gasteiger partial charge is 0.254 e. The van der Waals surface area contributed by atoms with Crippen molar-refractivity contribution in [3.05, 3.63) is 29.8 Å². The molecule has 28 heavy (non-hydrogen) atoms. The van der Waals surface area contributed by atoms with Crippen molar-refractivity contribution in [2.45, 2.75) is 44.7 Å². The van der Waals surface area contributed by atoms with E-state index in [0.29, 0.717) is 25.2 Å². The lowest BCUT2D eigenvalue weighted by Gasteiger charge is -2.43. The van der Waals surface area contributed by atoms with E-state index in [1.54, 1.807) is 6.92 Å². The summed E-state index contributed by atoms with van der Waals surface area (Å²) in [5.74, 6) is -0.904. The van der Waals surface area contributed by atoms with Gasteiger partial charge in [0, 0.05) is 64.6 Å². The Kier molecular flexibility index (Phi) is 7.33. The van der Waals surface area contributed by atoms with Crippen molar-refractivity contribution in [1.82, 2.24) is 20.1 Å². The highest BCUT2D eigenvalue weighted by atomic mass is 19.1. The third kappa shape index (κ3) is 5.26. The third-order valence-electron chi connectivity index (χ3n) is 5.71. The Balaban J connectivity index is 1.57. The van der Waals surface area contributed by atoms with Crippen molar-refractivity contribution in [3.8, 4) is 0 Å². The first-order chi connectivity index (χ1) is 13.6. The quantitative estimate of drug-likeness (QED) is 0.793. The summed E-state index contributed by atoms with van der Waals surface area (Å²) in [5.41, 5.74) is 0.0161. The van der Waals surface area contributed by atoms with Gasteiger partial charge >= 0.3 is 0 Å². The number of halogens is 1. The SMILES string of the molecule is CC(=O)N1CCC(N(CCNC(=O)c2ccncc2F)C2CCOCC2)CC1. The number of amides is 2. The largest absolute Gasteiger partial charge is 0.381 e. The molecule has 0 aromatic carbocycles. The van der Waals surface area contributed by atoms with E-state index in [9.17, 15) is 14.0 Å². The fourth-order valence-corrected chi connectivity index (χ4v) is 4.15. The molecule has 0 spiro atoms. The molecule has 0 radical (unpaired) electrons. The molecule has 0 bridgehead atoms. The fraction of sp³-hybridized carbons (Fsp3) is 0.650. The number of aromatic nitrogens is 1. The van der Waals surface area contributed by atoms with E-state index in [1.165, 1.54) is 12.3 Å². The number of rotatable bonds is 6. The minimum Gasteiger partial charge on any atom is -0.381 e. The zero-order valence-electron chi connectivity index (χ0n) is 16.4. The molecule has 1 aromatic heterocycles. The van der Waals surface area contributed by atoms with Gasteiger partial charge in [-0.1, -0.05) is 0 Å². The van der Waals surface area contributed by atoms with E-state index in [2.05, 4.69) is 15.2 Å². The van der Waals surface area contributed by atoms with Gasteiger partial charge in [-0.15, -0.1) is 0 Å². The van der Waals surface area contributed by atoms with E-state index in [4.69, 9.17) is 4.74 Å². The minimum atomic E-state index is -0.613. The predicted octanol–water partition coefficient (Wildman–Crippen LogP) is 1.44. The van der Waals surface area contributed by atoms with Crippen LogP contribution in [0.1, 0.15) is 43.0 Å². The van der Waals surface area contributed by atoms with Crippen molar-refractivity contribution in [3.63, 3.8) is 0 Å². The maximum atomic E-state index is 13.7. The van der Waals surface area contributed by atoms with E-state index < -0.39 is 11.7 Å². The first-order valence-corrected chi connectivity index (χ1v) is 10.0. The highest BCUT2D eigenvalue weighted by Crippen LogP contribution is 2.23. The summed E-state index contributed by atoms with van der Waals surface area (Å²) in [6, 6.07) is 2.18. The van der Waals surface area contributed by atoms with Gasteiger partial charge in [-0.3, -0.25) is 19.5 Å². The number of nitrogens with zero attached hydrogens (tertiary/aromatic N) is 3. The van der Waals surface area contributed by atoms with Gasteiger partial charge in [0.15, 0.2) is 5.82 Å². The maximum absolute atomic E-state index is 13.7. The number of ether oxygens (including phenoxy) is 1. The molecule has 3 heterocycles. The van der Waals surface area contributed by atoms with E-state index in [0.717, 1.165) is 58.2 Å². The highest BCUT2D eigenvalue weighted by molar-refractivity contribution is 5.94. The molecule has 8 heteroatoms. The topological polar surface area (TPSA) is 74.8 Å². The molecule has 7 nitrogen and oxygen atoms in total. The average molecular weight is 392 g/mol. The van der Waals surface area contributed by atoms with Gasteiger partial charge in [-0.25, -0.2) is 4.39 Å². The summed E-state index contributed by atoms with van der Waals surface area (Å²) in [5, 5.41) is 2.83. The molecule has 2 aliphatic heterocycles. The molecule has 2 fully saturated rings. The molecule has 0 unspecified atom stereocenters. The first kappa shape index (κ1) is 20.7. The standard InChI is InChI=1S/C20H29FN4O3/c1-15(26)24-9-3-16(4-10-24)25(17-5-12-28-13-6-17)11-8-23-20(27)18-2-7-22-14-19(18)21/h2,7,14,16-17H,3-6,8-13H2,1H3,(H,23,27). The summed E-state index contributed by atoms with van der Waals surface area (Å²) in [4.78, 5) is 31.9. The second kappa shape index (κ2) is 9.93. The number of likely N-dealkylation sites (tertiary alicyclic amines) is 1. The third-order valence-corrected chi connectivity index (χ3v) is 5.71. The predicted molar refractivity (Wildman–Crippen MR) is 102 cm³/mol. The number of pyridine rings is 1. The summed E-state index contributed by atoms with van der Waals surface area (Å²) in [7, 11) is 0. The number of hydrogen-bond donors (Lipinski definition) is 1. The van der Waals surface area contributed by atoms with Crippen molar-refractivity contribution in [2.24, 2.45) is 0 Å². The maximum Gasteiger partial charge on any atom is 0.254 e.